The number of amides is 1. The monoisotopic (exact) mass is 449 g/mol. The zero-order valence-electron chi connectivity index (χ0n) is 19.3. The first-order valence-corrected chi connectivity index (χ1v) is 12.0. The van der Waals surface area contributed by atoms with Crippen molar-refractivity contribution in [1.82, 2.24) is 9.88 Å². The van der Waals surface area contributed by atoms with Crippen LogP contribution >= 0.6 is 0 Å². The van der Waals surface area contributed by atoms with Crippen LogP contribution in [-0.4, -0.2) is 28.8 Å². The Labute approximate surface area is 199 Å². The van der Waals surface area contributed by atoms with Gasteiger partial charge in [0.1, 0.15) is 11.6 Å². The number of benzene rings is 2. The number of hydrogen-bond acceptors (Lipinski definition) is 4. The van der Waals surface area contributed by atoms with Gasteiger partial charge in [-0.1, -0.05) is 36.4 Å². The van der Waals surface area contributed by atoms with Gasteiger partial charge in [0.15, 0.2) is 0 Å². The molecule has 0 radical (unpaired) electrons. The topological polar surface area (TPSA) is 53.5 Å². The lowest BCUT2D eigenvalue weighted by atomic mass is 9.78. The molecule has 1 aliphatic carbocycles. The molecule has 5 heteroatoms. The van der Waals surface area contributed by atoms with Crippen LogP contribution in [0.1, 0.15) is 47.6 Å². The lowest BCUT2D eigenvalue weighted by molar-refractivity contribution is -0.129. The molecule has 2 aromatic carbocycles. The molecular weight excluding hydrogens is 422 g/mol. The van der Waals surface area contributed by atoms with Crippen molar-refractivity contribution in [3.63, 3.8) is 0 Å². The Hall–Kier alpha value is -3.69. The molecule has 0 spiro atoms. The number of aromatic nitrogens is 1. The number of fused-ring (bicyclic) bond motifs is 4. The minimum atomic E-state index is 0.0907. The smallest absolute Gasteiger partial charge is 0.223 e. The fourth-order valence-corrected chi connectivity index (χ4v) is 6.09. The molecule has 6 rings (SSSR count). The summed E-state index contributed by atoms with van der Waals surface area (Å²) >= 11 is 0. The highest BCUT2D eigenvalue weighted by Gasteiger charge is 2.44. The molecule has 0 N–H and O–H groups in total. The first-order valence-electron chi connectivity index (χ1n) is 12.0. The standard InChI is InChI=1S/C29H27N3O2/c1-31-23(18-33)10-7-21-13-20(9-12-27(21)31)25-15-30-16-26-24(25)11-8-22-14-28(34)32(29(22)26)17-19-5-3-2-4-6-19/h2-6,9,12-13,15-16,22,29H,7-8,10-11,14,17H2,1H3. The van der Waals surface area contributed by atoms with Crippen LogP contribution in [0.15, 0.2) is 66.6 Å². The van der Waals surface area contributed by atoms with Gasteiger partial charge in [0.25, 0.3) is 0 Å². The normalized spacial score (nSPS) is 21.1. The minimum Gasteiger partial charge on any atom is -0.339 e. The van der Waals surface area contributed by atoms with Crippen molar-refractivity contribution >= 4 is 17.5 Å². The van der Waals surface area contributed by atoms with Crippen LogP contribution in [0.25, 0.3) is 11.1 Å². The third-order valence-corrected chi connectivity index (χ3v) is 7.82. The van der Waals surface area contributed by atoms with Crippen LogP contribution in [0.5, 0.6) is 0 Å². The Morgan fingerprint density at radius 2 is 1.91 bits per heavy atom. The number of rotatable bonds is 3. The van der Waals surface area contributed by atoms with Crippen LogP contribution in [-0.2, 0) is 29.0 Å². The molecule has 170 valence electrons. The predicted molar refractivity (Wildman–Crippen MR) is 132 cm³/mol. The second-order valence-corrected chi connectivity index (χ2v) is 9.66. The number of aryl methyl sites for hydroxylation is 1. The quantitative estimate of drug-likeness (QED) is 0.535. The summed E-state index contributed by atoms with van der Waals surface area (Å²) in [6.07, 6.45) is 8.12. The van der Waals surface area contributed by atoms with Crippen molar-refractivity contribution in [2.24, 2.45) is 5.92 Å². The van der Waals surface area contributed by atoms with E-state index in [4.69, 9.17) is 0 Å². The molecule has 0 saturated carbocycles. The van der Waals surface area contributed by atoms with Gasteiger partial charge in [-0.25, -0.2) is 4.79 Å². The maximum Gasteiger partial charge on any atom is 0.223 e. The van der Waals surface area contributed by atoms with Gasteiger partial charge in [-0.2, -0.15) is 0 Å². The molecule has 3 aromatic rings. The van der Waals surface area contributed by atoms with E-state index in [-0.39, 0.29) is 11.9 Å². The zero-order valence-corrected chi connectivity index (χ0v) is 19.3. The van der Waals surface area contributed by atoms with E-state index < -0.39 is 0 Å². The molecule has 0 bridgehead atoms. The SMILES string of the molecule is CN1C(=C=O)CCc2cc(-c3cncc4c3CCC3CC(=O)N(Cc5ccccc5)C43)ccc21. The highest BCUT2D eigenvalue weighted by Crippen LogP contribution is 2.48. The lowest BCUT2D eigenvalue weighted by Gasteiger charge is -2.34. The van der Waals surface area contributed by atoms with Crippen molar-refractivity contribution in [3.8, 4) is 11.1 Å². The fraction of sp³-hybridized carbons (Fsp3) is 0.310. The second kappa shape index (κ2) is 8.27. The third-order valence-electron chi connectivity index (χ3n) is 7.82. The van der Waals surface area contributed by atoms with E-state index in [0.717, 1.165) is 41.6 Å². The Morgan fingerprint density at radius 1 is 1.06 bits per heavy atom. The molecule has 5 nitrogen and oxygen atoms in total. The Kier molecular flexibility index (Phi) is 5.08. The number of likely N-dealkylation sites (tertiary alicyclic amines) is 1. The highest BCUT2D eigenvalue weighted by molar-refractivity contribution is 5.81. The van der Waals surface area contributed by atoms with Gasteiger partial charge in [0, 0.05) is 50.1 Å². The third kappa shape index (κ3) is 3.36. The van der Waals surface area contributed by atoms with Crippen LogP contribution in [0.4, 0.5) is 5.69 Å². The number of carbonyl (C=O) groups excluding carboxylic acids is 2. The Morgan fingerprint density at radius 3 is 2.74 bits per heavy atom. The van der Waals surface area contributed by atoms with Gasteiger partial charge in [-0.05, 0) is 65.1 Å². The molecule has 34 heavy (non-hydrogen) atoms. The molecule has 1 fully saturated rings. The van der Waals surface area contributed by atoms with E-state index >= 15 is 0 Å². The molecule has 3 heterocycles. The molecule has 1 amide bonds. The number of hydrogen-bond donors (Lipinski definition) is 0. The molecule has 3 aliphatic rings. The summed E-state index contributed by atoms with van der Waals surface area (Å²) in [7, 11) is 1.93. The maximum absolute atomic E-state index is 13.0. The number of carbonyl (C=O) groups is 1. The largest absolute Gasteiger partial charge is 0.339 e. The van der Waals surface area contributed by atoms with Crippen molar-refractivity contribution in [2.45, 2.75) is 44.7 Å². The first kappa shape index (κ1) is 20.9. The van der Waals surface area contributed by atoms with E-state index in [0.29, 0.717) is 31.0 Å². The zero-order chi connectivity index (χ0) is 23.2. The average Bonchev–Trinajstić information content (AvgIpc) is 3.19. The first-order chi connectivity index (χ1) is 16.6. The van der Waals surface area contributed by atoms with Gasteiger partial charge < -0.3 is 9.80 Å². The van der Waals surface area contributed by atoms with Crippen LogP contribution in [0.3, 0.4) is 0 Å². The van der Waals surface area contributed by atoms with E-state index in [1.807, 2.05) is 42.5 Å². The van der Waals surface area contributed by atoms with Gasteiger partial charge in [-0.3, -0.25) is 9.78 Å². The summed E-state index contributed by atoms with van der Waals surface area (Å²) in [5.41, 5.74) is 9.03. The van der Waals surface area contributed by atoms with Crippen LogP contribution in [0, 0.1) is 5.92 Å². The van der Waals surface area contributed by atoms with E-state index in [1.54, 1.807) is 0 Å². The van der Waals surface area contributed by atoms with Gasteiger partial charge in [-0.15, -0.1) is 0 Å². The number of nitrogens with zero attached hydrogens (tertiary/aromatic N) is 3. The van der Waals surface area contributed by atoms with Gasteiger partial charge >= 0.3 is 0 Å². The van der Waals surface area contributed by atoms with E-state index in [2.05, 4.69) is 46.2 Å². The molecule has 2 aliphatic heterocycles. The summed E-state index contributed by atoms with van der Waals surface area (Å²) in [4.78, 5) is 32.9. The number of anilines is 1. The molecule has 2 unspecified atom stereocenters. The second-order valence-electron chi connectivity index (χ2n) is 9.66. The fourth-order valence-electron chi connectivity index (χ4n) is 6.09. The number of allylic oxidation sites excluding steroid dienone is 1. The van der Waals surface area contributed by atoms with Crippen LogP contribution < -0.4 is 4.90 Å². The predicted octanol–water partition coefficient (Wildman–Crippen LogP) is 4.88. The van der Waals surface area contributed by atoms with Gasteiger partial charge in [0.05, 0.1) is 6.04 Å². The van der Waals surface area contributed by atoms with Crippen LogP contribution in [0.2, 0.25) is 0 Å². The summed E-state index contributed by atoms with van der Waals surface area (Å²) in [6.45, 7) is 0.641. The Bertz CT molecular complexity index is 1330. The summed E-state index contributed by atoms with van der Waals surface area (Å²) in [6, 6.07) is 16.8. The van der Waals surface area contributed by atoms with Gasteiger partial charge in [0.2, 0.25) is 5.91 Å². The number of pyridine rings is 1. The van der Waals surface area contributed by atoms with Crippen molar-refractivity contribution < 1.29 is 9.59 Å². The van der Waals surface area contributed by atoms with Crippen molar-refractivity contribution in [3.05, 3.63) is 88.9 Å². The summed E-state index contributed by atoms with van der Waals surface area (Å²) < 4.78 is 0. The highest BCUT2D eigenvalue weighted by atomic mass is 16.2. The lowest BCUT2D eigenvalue weighted by Crippen LogP contribution is -2.31. The molecule has 2 atom stereocenters. The van der Waals surface area contributed by atoms with E-state index in [1.165, 1.54) is 16.7 Å². The molecule has 1 aromatic heterocycles. The summed E-state index contributed by atoms with van der Waals surface area (Å²) in [5, 5.41) is 0. The molecular formula is C29H27N3O2. The van der Waals surface area contributed by atoms with E-state index in [9.17, 15) is 9.59 Å². The van der Waals surface area contributed by atoms with Crippen molar-refractivity contribution in [1.29, 1.82) is 0 Å². The Balaban J connectivity index is 1.38. The summed E-state index contributed by atoms with van der Waals surface area (Å²) in [5.74, 6) is 2.68. The van der Waals surface area contributed by atoms with Crippen molar-refractivity contribution in [2.75, 3.05) is 11.9 Å². The maximum atomic E-state index is 13.0. The molecule has 1 saturated heterocycles. The average molecular weight is 450 g/mol. The minimum absolute atomic E-state index is 0.0907.